The number of carbonyl (C=O) groups excluding carboxylic acids is 1. The first-order chi connectivity index (χ1) is 16.8. The summed E-state index contributed by atoms with van der Waals surface area (Å²) in [5.41, 5.74) is 3.53. The van der Waals surface area contributed by atoms with E-state index in [1.54, 1.807) is 48.2 Å². The van der Waals surface area contributed by atoms with Crippen molar-refractivity contribution < 1.29 is 13.2 Å². The Kier molecular flexibility index (Phi) is 10.1. The van der Waals surface area contributed by atoms with Gasteiger partial charge in [-0.25, -0.2) is 8.42 Å². The fourth-order valence-electron chi connectivity index (χ4n) is 3.60. The van der Waals surface area contributed by atoms with Crippen molar-refractivity contribution in [1.29, 1.82) is 0 Å². The van der Waals surface area contributed by atoms with Gasteiger partial charge in [0.1, 0.15) is 6.54 Å². The Labute approximate surface area is 217 Å². The van der Waals surface area contributed by atoms with Crippen LogP contribution in [0.15, 0.2) is 77.7 Å². The van der Waals surface area contributed by atoms with Crippen LogP contribution in [0.4, 0.5) is 5.69 Å². The van der Waals surface area contributed by atoms with E-state index < -0.39 is 10.0 Å². The number of anilines is 1. The zero-order chi connectivity index (χ0) is 25.3. The molecule has 3 aromatic carbocycles. The molecule has 0 aliphatic heterocycles. The molecular formula is C27H31ClN2O3S2. The second kappa shape index (κ2) is 13.0. The quantitative estimate of drug-likeness (QED) is 0.298. The van der Waals surface area contributed by atoms with Crippen LogP contribution in [-0.4, -0.2) is 33.2 Å². The van der Waals surface area contributed by atoms with Crippen LogP contribution in [0, 0.1) is 6.92 Å². The number of rotatable bonds is 12. The molecule has 186 valence electrons. The van der Waals surface area contributed by atoms with Crippen LogP contribution in [0.3, 0.4) is 0 Å². The van der Waals surface area contributed by atoms with Gasteiger partial charge in [0.15, 0.2) is 0 Å². The molecule has 35 heavy (non-hydrogen) atoms. The monoisotopic (exact) mass is 530 g/mol. The molecule has 3 aromatic rings. The van der Waals surface area contributed by atoms with Crippen molar-refractivity contribution in [3.8, 4) is 0 Å². The maximum absolute atomic E-state index is 13.6. The summed E-state index contributed by atoms with van der Waals surface area (Å²) in [6, 6.07) is 21.8. The van der Waals surface area contributed by atoms with Crippen molar-refractivity contribution in [2.24, 2.45) is 0 Å². The molecule has 0 spiro atoms. The van der Waals surface area contributed by atoms with Crippen LogP contribution < -0.4 is 9.62 Å². The van der Waals surface area contributed by atoms with Gasteiger partial charge in [-0.1, -0.05) is 66.6 Å². The average Bonchev–Trinajstić information content (AvgIpc) is 2.85. The lowest BCUT2D eigenvalue weighted by molar-refractivity contribution is -0.119. The molecule has 0 unspecified atom stereocenters. The lowest BCUT2D eigenvalue weighted by Crippen LogP contribution is -2.41. The third-order valence-electron chi connectivity index (χ3n) is 5.48. The molecule has 0 atom stereocenters. The van der Waals surface area contributed by atoms with E-state index in [9.17, 15) is 13.2 Å². The van der Waals surface area contributed by atoms with Gasteiger partial charge >= 0.3 is 0 Å². The minimum atomic E-state index is -3.91. The van der Waals surface area contributed by atoms with Gasteiger partial charge in [0.2, 0.25) is 5.91 Å². The molecule has 0 saturated carbocycles. The summed E-state index contributed by atoms with van der Waals surface area (Å²) in [5.74, 6) is 1.40. The number of carbonyl (C=O) groups is 1. The average molecular weight is 531 g/mol. The maximum Gasteiger partial charge on any atom is 0.264 e. The normalized spacial score (nSPS) is 11.3. The summed E-state index contributed by atoms with van der Waals surface area (Å²) in [7, 11) is -3.91. The smallest absolute Gasteiger partial charge is 0.264 e. The third-order valence-corrected chi connectivity index (χ3v) is 8.61. The fraction of sp³-hybridized carbons (Fsp3) is 0.296. The largest absolute Gasteiger partial charge is 0.354 e. The van der Waals surface area contributed by atoms with Gasteiger partial charge in [0.05, 0.1) is 10.6 Å². The van der Waals surface area contributed by atoms with Crippen molar-refractivity contribution in [1.82, 2.24) is 5.32 Å². The van der Waals surface area contributed by atoms with Crippen LogP contribution in [-0.2, 0) is 27.0 Å². The van der Waals surface area contributed by atoms with Gasteiger partial charge < -0.3 is 5.32 Å². The summed E-state index contributed by atoms with van der Waals surface area (Å²) in [5, 5.41) is 3.61. The number of sulfonamides is 1. The highest BCUT2D eigenvalue weighted by molar-refractivity contribution is 7.98. The Balaban J connectivity index is 1.63. The van der Waals surface area contributed by atoms with Crippen LogP contribution in [0.5, 0.6) is 0 Å². The van der Waals surface area contributed by atoms with Gasteiger partial charge in [0, 0.05) is 17.3 Å². The molecule has 0 aliphatic carbocycles. The first-order valence-corrected chi connectivity index (χ1v) is 14.5. The molecule has 0 aromatic heterocycles. The molecule has 0 heterocycles. The van der Waals surface area contributed by atoms with Gasteiger partial charge in [0.25, 0.3) is 10.0 Å². The molecular weight excluding hydrogens is 500 g/mol. The highest BCUT2D eigenvalue weighted by Crippen LogP contribution is 2.27. The first-order valence-electron chi connectivity index (χ1n) is 11.6. The molecule has 0 fully saturated rings. The van der Waals surface area contributed by atoms with Crippen molar-refractivity contribution in [3.63, 3.8) is 0 Å². The minimum absolute atomic E-state index is 0.166. The second-order valence-corrected chi connectivity index (χ2v) is 11.6. The van der Waals surface area contributed by atoms with E-state index in [1.807, 2.05) is 50.2 Å². The van der Waals surface area contributed by atoms with E-state index in [2.05, 4.69) is 5.32 Å². The number of thioether (sulfide) groups is 1. The molecule has 8 heteroatoms. The van der Waals surface area contributed by atoms with E-state index in [-0.39, 0.29) is 17.3 Å². The summed E-state index contributed by atoms with van der Waals surface area (Å²) < 4.78 is 28.3. The fourth-order valence-corrected chi connectivity index (χ4v) is 6.18. The Hall–Kier alpha value is -2.48. The molecule has 5 nitrogen and oxygen atoms in total. The highest BCUT2D eigenvalue weighted by atomic mass is 35.5. The van der Waals surface area contributed by atoms with Crippen molar-refractivity contribution >= 4 is 45.0 Å². The Bertz CT molecular complexity index is 1230. The number of para-hydroxylation sites is 1. The van der Waals surface area contributed by atoms with Crippen LogP contribution in [0.25, 0.3) is 0 Å². The number of halogens is 1. The minimum Gasteiger partial charge on any atom is -0.354 e. The van der Waals surface area contributed by atoms with Gasteiger partial charge in [-0.3, -0.25) is 9.10 Å². The zero-order valence-corrected chi connectivity index (χ0v) is 22.4. The van der Waals surface area contributed by atoms with Gasteiger partial charge in [-0.15, -0.1) is 0 Å². The zero-order valence-electron chi connectivity index (χ0n) is 20.0. The number of aryl methyl sites for hydroxylation is 2. The summed E-state index contributed by atoms with van der Waals surface area (Å²) in [4.78, 5) is 13.0. The third kappa shape index (κ3) is 7.75. The van der Waals surface area contributed by atoms with Gasteiger partial charge in [-0.2, -0.15) is 11.8 Å². The van der Waals surface area contributed by atoms with Crippen LogP contribution in [0.2, 0.25) is 5.02 Å². The van der Waals surface area contributed by atoms with Crippen LogP contribution in [0.1, 0.15) is 30.0 Å². The maximum atomic E-state index is 13.6. The first kappa shape index (κ1) is 27.1. The van der Waals surface area contributed by atoms with Crippen molar-refractivity contribution in [2.45, 2.75) is 37.3 Å². The number of hydrogen-bond donors (Lipinski definition) is 1. The van der Waals surface area contributed by atoms with Crippen LogP contribution >= 0.6 is 23.4 Å². The molecule has 1 amide bonds. The second-order valence-electron chi connectivity index (χ2n) is 8.19. The molecule has 3 rings (SSSR count). The number of nitrogens with zero attached hydrogens (tertiary/aromatic N) is 1. The Morgan fingerprint density at radius 2 is 1.77 bits per heavy atom. The molecule has 0 bridgehead atoms. The lowest BCUT2D eigenvalue weighted by atomic mass is 10.1. The summed E-state index contributed by atoms with van der Waals surface area (Å²) in [6.07, 6.45) is 1.44. The number of nitrogens with one attached hydrogen (secondary N) is 1. The lowest BCUT2D eigenvalue weighted by Gasteiger charge is -2.26. The van der Waals surface area contributed by atoms with E-state index in [0.29, 0.717) is 18.7 Å². The number of hydrogen-bond acceptors (Lipinski definition) is 4. The van der Waals surface area contributed by atoms with E-state index in [4.69, 9.17) is 11.6 Å². The topological polar surface area (TPSA) is 66.5 Å². The predicted octanol–water partition coefficient (Wildman–Crippen LogP) is 5.85. The number of amides is 1. The Morgan fingerprint density at radius 3 is 2.49 bits per heavy atom. The summed E-state index contributed by atoms with van der Waals surface area (Å²) in [6.45, 7) is 4.08. The molecule has 0 radical (unpaired) electrons. The Morgan fingerprint density at radius 1 is 1.03 bits per heavy atom. The predicted molar refractivity (Wildman–Crippen MR) is 147 cm³/mol. The number of benzene rings is 3. The van der Waals surface area contributed by atoms with Crippen molar-refractivity contribution in [2.75, 3.05) is 23.1 Å². The summed E-state index contributed by atoms with van der Waals surface area (Å²) >= 11 is 7.79. The SMILES string of the molecule is CCc1ccccc1N(CC(=O)NCCCSCc1cccc(Cl)c1)S(=O)(=O)c1ccc(C)cc1. The molecule has 0 saturated heterocycles. The van der Waals surface area contributed by atoms with E-state index in [1.165, 1.54) is 4.31 Å². The van der Waals surface area contributed by atoms with E-state index in [0.717, 1.165) is 39.6 Å². The highest BCUT2D eigenvalue weighted by Gasteiger charge is 2.28. The molecule has 0 aliphatic rings. The van der Waals surface area contributed by atoms with Gasteiger partial charge in [-0.05, 0) is 67.0 Å². The standard InChI is InChI=1S/C27H31ClN2O3S2/c1-3-23-9-4-5-11-26(23)30(35(32,33)25-14-12-21(2)13-15-25)19-27(31)29-16-7-17-34-20-22-8-6-10-24(28)18-22/h4-6,8-15,18H,3,7,16-17,19-20H2,1-2H3,(H,29,31). The van der Waals surface area contributed by atoms with Crippen molar-refractivity contribution in [3.05, 3.63) is 94.5 Å². The van der Waals surface area contributed by atoms with E-state index >= 15 is 0 Å². The molecule has 1 N–H and O–H groups in total.